The van der Waals surface area contributed by atoms with Crippen molar-refractivity contribution in [2.24, 2.45) is 0 Å². The molecule has 0 heterocycles. The third-order valence-electron chi connectivity index (χ3n) is 8.05. The van der Waals surface area contributed by atoms with E-state index >= 15 is 17.6 Å². The monoisotopic (exact) mass is 668 g/mol. The fraction of sp³-hybridized carbons (Fsp3) is 0.425. The van der Waals surface area contributed by atoms with Crippen LogP contribution in [0.5, 0.6) is 11.5 Å². The number of hydrogen-bond donors (Lipinski definition) is 0. The van der Waals surface area contributed by atoms with E-state index in [1.165, 1.54) is 62.8 Å². The Hall–Kier alpha value is -4.07. The van der Waals surface area contributed by atoms with Crippen LogP contribution in [0.2, 0.25) is 0 Å². The van der Waals surface area contributed by atoms with Crippen LogP contribution in [0.4, 0.5) is 17.6 Å². The molecular weight excluding hydrogens is 620 g/mol. The van der Waals surface area contributed by atoms with Crippen LogP contribution in [0.15, 0.2) is 66.7 Å². The summed E-state index contributed by atoms with van der Waals surface area (Å²) in [6.45, 7) is 5.40. The number of rotatable bonds is 21. The molecule has 4 nitrogen and oxygen atoms in total. The van der Waals surface area contributed by atoms with Crippen LogP contribution >= 0.6 is 0 Å². The number of esters is 1. The van der Waals surface area contributed by atoms with E-state index in [9.17, 15) is 4.79 Å². The van der Waals surface area contributed by atoms with Crippen LogP contribution in [0.25, 0.3) is 23.3 Å². The molecule has 3 rings (SSSR count). The number of halogens is 4. The van der Waals surface area contributed by atoms with Crippen molar-refractivity contribution in [3.63, 3.8) is 0 Å². The lowest BCUT2D eigenvalue weighted by atomic mass is 9.99. The minimum atomic E-state index is -1.34. The minimum Gasteiger partial charge on any atom is -0.494 e. The smallest absolute Gasteiger partial charge is 0.338 e. The molecule has 0 aromatic heterocycles. The van der Waals surface area contributed by atoms with Crippen molar-refractivity contribution in [2.75, 3.05) is 20.3 Å². The highest BCUT2D eigenvalue weighted by molar-refractivity contribution is 5.99. The molecule has 0 aliphatic heterocycles. The molecular formula is C40H48F4O4. The lowest BCUT2D eigenvalue weighted by Crippen LogP contribution is -2.06. The lowest BCUT2D eigenvalue weighted by molar-refractivity contribution is 0.0600. The highest BCUT2D eigenvalue weighted by Crippen LogP contribution is 2.35. The Balaban J connectivity index is 1.71. The van der Waals surface area contributed by atoms with Crippen molar-refractivity contribution in [3.05, 3.63) is 94.5 Å². The SMILES string of the molecule is CCCCCCCCOc1ccc(/C(F)=C(\F)c2ccc(/C(F)=C(\F)c3ccc(OCCCCCCCC)cc3)c(C(=O)OC)c2)cc1. The number of hydrogen-bond acceptors (Lipinski definition) is 4. The molecule has 0 fully saturated rings. The van der Waals surface area contributed by atoms with Gasteiger partial charge in [-0.1, -0.05) is 90.2 Å². The van der Waals surface area contributed by atoms with Crippen LogP contribution in [0.3, 0.4) is 0 Å². The molecule has 0 saturated heterocycles. The Morgan fingerprint density at radius 3 is 1.35 bits per heavy atom. The van der Waals surface area contributed by atoms with E-state index in [-0.39, 0.29) is 16.7 Å². The predicted octanol–water partition coefficient (Wildman–Crippen LogP) is 12.5. The summed E-state index contributed by atoms with van der Waals surface area (Å²) in [4.78, 5) is 12.6. The van der Waals surface area contributed by atoms with E-state index in [1.807, 2.05) is 0 Å². The van der Waals surface area contributed by atoms with Gasteiger partial charge >= 0.3 is 5.97 Å². The van der Waals surface area contributed by atoms with Gasteiger partial charge in [0.1, 0.15) is 11.5 Å². The van der Waals surface area contributed by atoms with E-state index in [1.54, 1.807) is 24.3 Å². The fourth-order valence-corrected chi connectivity index (χ4v) is 5.19. The van der Waals surface area contributed by atoms with Gasteiger partial charge in [0.25, 0.3) is 0 Å². The summed E-state index contributed by atoms with van der Waals surface area (Å²) < 4.78 is 77.5. The minimum absolute atomic E-state index is 0.0420. The number of unbranched alkanes of at least 4 members (excludes halogenated alkanes) is 10. The summed E-state index contributed by atoms with van der Waals surface area (Å²) in [6, 6.07) is 14.8. The van der Waals surface area contributed by atoms with E-state index in [2.05, 4.69) is 13.8 Å². The molecule has 0 N–H and O–H groups in total. The van der Waals surface area contributed by atoms with Crippen molar-refractivity contribution in [3.8, 4) is 11.5 Å². The Morgan fingerprint density at radius 2 is 0.896 bits per heavy atom. The second kappa shape index (κ2) is 21.0. The van der Waals surface area contributed by atoms with Crippen molar-refractivity contribution >= 4 is 29.3 Å². The molecule has 0 radical (unpaired) electrons. The largest absolute Gasteiger partial charge is 0.494 e. The molecule has 3 aromatic rings. The number of methoxy groups -OCH3 is 1. The second-order valence-corrected chi connectivity index (χ2v) is 11.8. The van der Waals surface area contributed by atoms with E-state index in [4.69, 9.17) is 14.2 Å². The van der Waals surface area contributed by atoms with E-state index < -0.39 is 40.4 Å². The summed E-state index contributed by atoms with van der Waals surface area (Å²) >= 11 is 0. The van der Waals surface area contributed by atoms with E-state index in [0.717, 1.165) is 63.8 Å². The molecule has 0 saturated carbocycles. The first kappa shape index (κ1) is 38.4. The zero-order valence-electron chi connectivity index (χ0n) is 28.4. The van der Waals surface area contributed by atoms with Gasteiger partial charge in [0, 0.05) is 22.3 Å². The first-order chi connectivity index (χ1) is 23.3. The van der Waals surface area contributed by atoms with Gasteiger partial charge in [-0.15, -0.1) is 0 Å². The third kappa shape index (κ3) is 11.9. The Morgan fingerprint density at radius 1 is 0.500 bits per heavy atom. The summed E-state index contributed by atoms with van der Waals surface area (Å²) in [7, 11) is 1.06. The highest BCUT2D eigenvalue weighted by Gasteiger charge is 2.22. The number of carbonyl (C=O) groups is 1. The molecule has 8 heteroatoms. The topological polar surface area (TPSA) is 44.8 Å². The standard InChI is InChI=1S/C40H48F4O4/c1-4-6-8-10-12-14-26-47-32-21-16-29(17-22-32)36(41)38(43)31-20-25-34(35(28-31)40(45)46-3)39(44)37(42)30-18-23-33(24-19-30)48-27-15-13-11-9-7-5-2/h16-25,28H,4-15,26-27H2,1-3H3/b38-36+,39-37+. The lowest BCUT2D eigenvalue weighted by Gasteiger charge is -2.11. The molecule has 0 spiro atoms. The van der Waals surface area contributed by atoms with Crippen LogP contribution < -0.4 is 9.47 Å². The van der Waals surface area contributed by atoms with Gasteiger partial charge in [-0.2, -0.15) is 0 Å². The second-order valence-electron chi connectivity index (χ2n) is 11.8. The van der Waals surface area contributed by atoms with Crippen LogP contribution in [-0.2, 0) is 4.74 Å². The average molecular weight is 669 g/mol. The maximum absolute atomic E-state index is 15.5. The molecule has 0 aliphatic rings. The molecule has 3 aromatic carbocycles. The Kier molecular flexibility index (Phi) is 16.8. The normalized spacial score (nSPS) is 12.3. The van der Waals surface area contributed by atoms with E-state index in [0.29, 0.717) is 24.7 Å². The highest BCUT2D eigenvalue weighted by atomic mass is 19.2. The first-order valence-electron chi connectivity index (χ1n) is 17.1. The maximum Gasteiger partial charge on any atom is 0.338 e. The zero-order valence-corrected chi connectivity index (χ0v) is 28.4. The summed E-state index contributed by atoms with van der Waals surface area (Å²) in [5.41, 5.74) is -1.36. The van der Waals surface area contributed by atoms with Gasteiger partial charge in [0.2, 0.25) is 0 Å². The summed E-state index contributed by atoms with van der Waals surface area (Å²) in [5, 5.41) is 0. The van der Waals surface area contributed by atoms with Gasteiger partial charge in [-0.05, 0) is 67.4 Å². The van der Waals surface area contributed by atoms with Gasteiger partial charge in [0.15, 0.2) is 23.3 Å². The molecule has 260 valence electrons. The predicted molar refractivity (Wildman–Crippen MR) is 186 cm³/mol. The molecule has 48 heavy (non-hydrogen) atoms. The molecule has 0 bridgehead atoms. The quantitative estimate of drug-likeness (QED) is 0.0490. The van der Waals surface area contributed by atoms with Crippen molar-refractivity contribution in [2.45, 2.75) is 90.9 Å². The first-order valence-corrected chi connectivity index (χ1v) is 17.1. The van der Waals surface area contributed by atoms with Gasteiger partial charge in [-0.3, -0.25) is 0 Å². The van der Waals surface area contributed by atoms with Crippen molar-refractivity contribution in [1.29, 1.82) is 0 Å². The summed E-state index contributed by atoms with van der Waals surface area (Å²) in [5.74, 6) is -4.98. The van der Waals surface area contributed by atoms with Crippen molar-refractivity contribution in [1.82, 2.24) is 0 Å². The van der Waals surface area contributed by atoms with Gasteiger partial charge in [0.05, 0.1) is 25.9 Å². The number of carbonyl (C=O) groups excluding carboxylic acids is 1. The zero-order chi connectivity index (χ0) is 34.7. The number of benzene rings is 3. The summed E-state index contributed by atoms with van der Waals surface area (Å²) in [6.07, 6.45) is 13.5. The Labute approximate surface area is 282 Å². The molecule has 0 atom stereocenters. The number of ether oxygens (including phenoxy) is 3. The van der Waals surface area contributed by atoms with Crippen molar-refractivity contribution < 1.29 is 36.6 Å². The fourth-order valence-electron chi connectivity index (χ4n) is 5.19. The molecule has 0 aliphatic carbocycles. The maximum atomic E-state index is 15.5. The van der Waals surface area contributed by atoms with Crippen LogP contribution in [0, 0.1) is 0 Å². The molecule has 0 unspecified atom stereocenters. The third-order valence-corrected chi connectivity index (χ3v) is 8.05. The average Bonchev–Trinajstić information content (AvgIpc) is 3.12. The van der Waals surface area contributed by atoms with Crippen LogP contribution in [-0.4, -0.2) is 26.3 Å². The van der Waals surface area contributed by atoms with Crippen LogP contribution in [0.1, 0.15) is 124 Å². The Bertz CT molecular complexity index is 1480. The van der Waals surface area contributed by atoms with Gasteiger partial charge in [-0.25, -0.2) is 22.4 Å². The molecule has 0 amide bonds. The van der Waals surface area contributed by atoms with Gasteiger partial charge < -0.3 is 14.2 Å².